The van der Waals surface area contributed by atoms with Crippen molar-refractivity contribution >= 4 is 6.09 Å². The van der Waals surface area contributed by atoms with Crippen LogP contribution in [0.2, 0.25) is 0 Å². The van der Waals surface area contributed by atoms with Crippen molar-refractivity contribution in [1.82, 2.24) is 4.90 Å². The summed E-state index contributed by atoms with van der Waals surface area (Å²) in [6, 6.07) is 12.0. The monoisotopic (exact) mass is 435 g/mol. The highest BCUT2D eigenvalue weighted by Gasteiger charge is 2.49. The van der Waals surface area contributed by atoms with Crippen LogP contribution in [-0.4, -0.2) is 34.8 Å². The number of amides is 1. The first-order chi connectivity index (χ1) is 14.9. The minimum atomic E-state index is -3.14. The van der Waals surface area contributed by atoms with Gasteiger partial charge in [-0.25, -0.2) is 9.18 Å². The van der Waals surface area contributed by atoms with Crippen molar-refractivity contribution in [1.29, 1.82) is 0 Å². The number of carbonyl (C=O) groups is 1. The van der Waals surface area contributed by atoms with Crippen LogP contribution in [0.25, 0.3) is 0 Å². The van der Waals surface area contributed by atoms with Crippen LogP contribution >= 0.6 is 0 Å². The number of hydrogen-bond acceptors (Lipinski definition) is 4. The van der Waals surface area contributed by atoms with E-state index in [1.165, 1.54) is 6.07 Å². The van der Waals surface area contributed by atoms with Gasteiger partial charge in [0.1, 0.15) is 18.2 Å². The van der Waals surface area contributed by atoms with Crippen LogP contribution in [0.3, 0.4) is 0 Å². The number of nitrogens with zero attached hydrogens (tertiary/aromatic N) is 1. The number of halogens is 3. The topological polar surface area (TPSA) is 59.0 Å². The second-order valence-corrected chi connectivity index (χ2v) is 8.14. The summed E-state index contributed by atoms with van der Waals surface area (Å²) in [5.74, 6) is -1.11. The number of alkyl halides is 2. The molecule has 2 atom stereocenters. The average Bonchev–Trinajstić information content (AvgIpc) is 2.71. The van der Waals surface area contributed by atoms with Crippen LogP contribution in [0, 0.1) is 5.82 Å². The molecule has 2 bridgehead atoms. The van der Waals surface area contributed by atoms with Crippen molar-refractivity contribution in [3.05, 3.63) is 65.5 Å². The quantitative estimate of drug-likeness (QED) is 0.721. The molecule has 8 heteroatoms. The molecule has 166 valence electrons. The third kappa shape index (κ3) is 4.63. The number of fused-ring (bicyclic) bond motifs is 2. The smallest absolute Gasteiger partial charge is 0.410 e. The maximum Gasteiger partial charge on any atom is 0.410 e. The van der Waals surface area contributed by atoms with Gasteiger partial charge in [0.05, 0.1) is 5.60 Å². The number of benzene rings is 2. The highest BCUT2D eigenvalue weighted by molar-refractivity contribution is 5.69. The number of hydrogen-bond donors (Lipinski definition) is 1. The standard InChI is InChI=1S/C23H24F3NO4/c24-16-9-10-19(20(11-16)31-21(25)26)23(29)12-17-7-4-8-18(13-23)27(17)22(28)30-14-15-5-2-1-3-6-15/h1-3,5-6,9-11,17-18,21,29H,4,7-8,12-14H2. The Balaban J connectivity index is 1.53. The molecule has 2 fully saturated rings. The molecule has 2 aromatic rings. The Morgan fingerprint density at radius 2 is 1.81 bits per heavy atom. The number of rotatable bonds is 5. The Morgan fingerprint density at radius 1 is 1.13 bits per heavy atom. The number of ether oxygens (including phenoxy) is 2. The van der Waals surface area contributed by atoms with Gasteiger partial charge in [0.25, 0.3) is 0 Å². The lowest BCUT2D eigenvalue weighted by Gasteiger charge is -2.51. The third-order valence-corrected chi connectivity index (χ3v) is 6.09. The van der Waals surface area contributed by atoms with E-state index in [9.17, 15) is 23.1 Å². The van der Waals surface area contributed by atoms with Gasteiger partial charge in [-0.2, -0.15) is 8.78 Å². The van der Waals surface area contributed by atoms with Crippen molar-refractivity contribution in [2.75, 3.05) is 0 Å². The van der Waals surface area contributed by atoms with Crippen LogP contribution in [0.4, 0.5) is 18.0 Å². The summed E-state index contributed by atoms with van der Waals surface area (Å²) in [5, 5.41) is 11.4. The number of carbonyl (C=O) groups excluding carboxylic acids is 1. The molecule has 2 aromatic carbocycles. The summed E-state index contributed by atoms with van der Waals surface area (Å²) in [7, 11) is 0. The molecule has 2 unspecified atom stereocenters. The molecule has 1 N–H and O–H groups in total. The molecule has 31 heavy (non-hydrogen) atoms. The number of piperidine rings is 2. The fraction of sp³-hybridized carbons (Fsp3) is 0.435. The maximum atomic E-state index is 13.6. The zero-order valence-corrected chi connectivity index (χ0v) is 16.8. The molecule has 5 nitrogen and oxygen atoms in total. The predicted octanol–water partition coefficient (Wildman–Crippen LogP) is 4.97. The zero-order valence-electron chi connectivity index (χ0n) is 16.8. The van der Waals surface area contributed by atoms with Crippen LogP contribution in [-0.2, 0) is 16.9 Å². The summed E-state index contributed by atoms with van der Waals surface area (Å²) < 4.78 is 49.3. The lowest BCUT2D eigenvalue weighted by atomic mass is 9.72. The fourth-order valence-electron chi connectivity index (χ4n) is 4.82. The first-order valence-corrected chi connectivity index (χ1v) is 10.3. The first-order valence-electron chi connectivity index (χ1n) is 10.3. The van der Waals surface area contributed by atoms with Crippen LogP contribution in [0.5, 0.6) is 5.75 Å². The SMILES string of the molecule is O=C(OCc1ccccc1)N1C2CCCC1CC(O)(c1ccc(F)cc1OC(F)F)C2. The van der Waals surface area contributed by atoms with E-state index < -0.39 is 24.1 Å². The van der Waals surface area contributed by atoms with Crippen molar-refractivity contribution < 1.29 is 32.5 Å². The predicted molar refractivity (Wildman–Crippen MR) is 106 cm³/mol. The van der Waals surface area contributed by atoms with E-state index in [1.807, 2.05) is 30.3 Å². The second kappa shape index (κ2) is 8.78. The molecule has 0 radical (unpaired) electrons. The summed E-state index contributed by atoms with van der Waals surface area (Å²) in [4.78, 5) is 14.5. The van der Waals surface area contributed by atoms with Gasteiger partial charge in [-0.1, -0.05) is 30.3 Å². The van der Waals surface area contributed by atoms with E-state index in [-0.39, 0.29) is 42.8 Å². The summed E-state index contributed by atoms with van der Waals surface area (Å²) in [6.45, 7) is -3.00. The van der Waals surface area contributed by atoms with Gasteiger partial charge in [-0.3, -0.25) is 0 Å². The van der Waals surface area contributed by atoms with Crippen LogP contribution in [0.1, 0.15) is 43.2 Å². The maximum absolute atomic E-state index is 13.6. The van der Waals surface area contributed by atoms with E-state index in [1.54, 1.807) is 4.90 Å². The molecule has 2 saturated heterocycles. The Kier molecular flexibility index (Phi) is 6.09. The molecule has 0 aliphatic carbocycles. The molecule has 2 aliphatic heterocycles. The van der Waals surface area contributed by atoms with Gasteiger partial charge >= 0.3 is 12.7 Å². The Bertz CT molecular complexity index is 910. The Morgan fingerprint density at radius 3 is 2.45 bits per heavy atom. The van der Waals surface area contributed by atoms with Gasteiger partial charge in [-0.05, 0) is 37.0 Å². The summed E-state index contributed by atoms with van der Waals surface area (Å²) >= 11 is 0. The summed E-state index contributed by atoms with van der Waals surface area (Å²) in [6.07, 6.45) is 2.02. The van der Waals surface area contributed by atoms with Gasteiger partial charge in [-0.15, -0.1) is 0 Å². The molecule has 1 amide bonds. The normalized spacial score (nSPS) is 25.4. The van der Waals surface area contributed by atoms with E-state index in [0.29, 0.717) is 12.8 Å². The van der Waals surface area contributed by atoms with Crippen molar-refractivity contribution in [2.24, 2.45) is 0 Å². The molecular weight excluding hydrogens is 411 g/mol. The summed E-state index contributed by atoms with van der Waals surface area (Å²) in [5.41, 5.74) is -0.526. The lowest BCUT2D eigenvalue weighted by Crippen LogP contribution is -2.59. The van der Waals surface area contributed by atoms with E-state index in [0.717, 1.165) is 24.1 Å². The Labute approximate surface area is 178 Å². The van der Waals surface area contributed by atoms with Gasteiger partial charge < -0.3 is 19.5 Å². The average molecular weight is 435 g/mol. The fourth-order valence-corrected chi connectivity index (χ4v) is 4.82. The van der Waals surface area contributed by atoms with Gasteiger partial charge in [0.2, 0.25) is 0 Å². The minimum absolute atomic E-state index is 0.114. The molecule has 2 aliphatic rings. The van der Waals surface area contributed by atoms with Gasteiger partial charge in [0, 0.05) is 36.6 Å². The Hall–Kier alpha value is -2.74. The molecule has 0 aromatic heterocycles. The zero-order chi connectivity index (χ0) is 22.0. The lowest BCUT2D eigenvalue weighted by molar-refractivity contribution is -0.0949. The second-order valence-electron chi connectivity index (χ2n) is 8.14. The highest BCUT2D eigenvalue weighted by Crippen LogP contribution is 2.47. The molecule has 0 saturated carbocycles. The van der Waals surface area contributed by atoms with E-state index in [2.05, 4.69) is 4.74 Å². The largest absolute Gasteiger partial charge is 0.445 e. The van der Waals surface area contributed by atoms with Crippen LogP contribution < -0.4 is 4.74 Å². The van der Waals surface area contributed by atoms with Crippen LogP contribution in [0.15, 0.2) is 48.5 Å². The highest BCUT2D eigenvalue weighted by atomic mass is 19.3. The molecule has 4 rings (SSSR count). The van der Waals surface area contributed by atoms with E-state index in [4.69, 9.17) is 4.74 Å². The number of aliphatic hydroxyl groups is 1. The molecule has 2 heterocycles. The van der Waals surface area contributed by atoms with Crippen molar-refractivity contribution in [3.63, 3.8) is 0 Å². The first kappa shape index (κ1) is 21.5. The third-order valence-electron chi connectivity index (χ3n) is 6.09. The molecular formula is C23H24F3NO4. The minimum Gasteiger partial charge on any atom is -0.445 e. The van der Waals surface area contributed by atoms with Gasteiger partial charge in [0.15, 0.2) is 0 Å². The van der Waals surface area contributed by atoms with Crippen molar-refractivity contribution in [3.8, 4) is 5.75 Å². The van der Waals surface area contributed by atoms with Crippen molar-refractivity contribution in [2.45, 2.75) is 63.0 Å². The van der Waals surface area contributed by atoms with E-state index >= 15 is 0 Å². The molecule has 0 spiro atoms.